The van der Waals surface area contributed by atoms with Gasteiger partial charge in [-0.2, -0.15) is 5.10 Å². The zero-order valence-corrected chi connectivity index (χ0v) is 15.0. The van der Waals surface area contributed by atoms with Gasteiger partial charge < -0.3 is 5.32 Å². The van der Waals surface area contributed by atoms with Crippen molar-refractivity contribution in [3.05, 3.63) is 45.9 Å². The van der Waals surface area contributed by atoms with E-state index in [1.54, 1.807) is 22.5 Å². The zero-order valence-electron chi connectivity index (χ0n) is 15.0. The molecule has 3 heterocycles. The van der Waals surface area contributed by atoms with E-state index in [1.807, 2.05) is 0 Å². The predicted molar refractivity (Wildman–Crippen MR) is 95.5 cm³/mol. The maximum atomic E-state index is 12.5. The van der Waals surface area contributed by atoms with Crippen LogP contribution in [0.5, 0.6) is 0 Å². The average Bonchev–Trinajstić information content (AvgIpc) is 3.36. The third-order valence-electron chi connectivity index (χ3n) is 4.97. The van der Waals surface area contributed by atoms with E-state index in [-0.39, 0.29) is 18.0 Å². The van der Waals surface area contributed by atoms with E-state index in [0.29, 0.717) is 24.3 Å². The van der Waals surface area contributed by atoms with Gasteiger partial charge in [0.05, 0.1) is 30.5 Å². The van der Waals surface area contributed by atoms with Crippen LogP contribution in [0.2, 0.25) is 0 Å². The van der Waals surface area contributed by atoms with Gasteiger partial charge in [-0.3, -0.25) is 23.7 Å². The van der Waals surface area contributed by atoms with Crippen LogP contribution in [-0.4, -0.2) is 43.2 Å². The second kappa shape index (κ2) is 7.03. The first kappa shape index (κ1) is 17.0. The van der Waals surface area contributed by atoms with E-state index < -0.39 is 0 Å². The van der Waals surface area contributed by atoms with E-state index >= 15 is 0 Å². The summed E-state index contributed by atoms with van der Waals surface area (Å²) in [7, 11) is 1.76. The fraction of sp³-hybridized carbons (Fsp3) is 0.556. The molecule has 0 unspecified atom stereocenters. The molecule has 1 saturated carbocycles. The monoisotopic (exact) mass is 356 g/mol. The minimum absolute atomic E-state index is 0.0334. The topological polar surface area (TPSA) is 85.0 Å². The Hall–Kier alpha value is -2.48. The standard InChI is InChI=1S/C18H24N6O2/c1-22-11-14(8-20-22)18(26)19-9-15-7-17(25)24-6-2-5-23(10-13-3-4-13)12-16(24)21-15/h7-8,11,13H,2-6,9-10,12H2,1H3,(H,19,26). The summed E-state index contributed by atoms with van der Waals surface area (Å²) in [5.74, 6) is 1.40. The Bertz CT molecular complexity index is 867. The van der Waals surface area contributed by atoms with Crippen molar-refractivity contribution < 1.29 is 4.79 Å². The molecule has 1 aliphatic heterocycles. The first-order valence-corrected chi connectivity index (χ1v) is 9.17. The lowest BCUT2D eigenvalue weighted by atomic mass is 10.3. The molecule has 1 fully saturated rings. The number of fused-ring (bicyclic) bond motifs is 1. The Morgan fingerprint density at radius 2 is 2.19 bits per heavy atom. The Balaban J connectivity index is 1.47. The number of hydrogen-bond donors (Lipinski definition) is 1. The van der Waals surface area contributed by atoms with Gasteiger partial charge >= 0.3 is 0 Å². The molecule has 1 amide bonds. The molecule has 0 saturated heterocycles. The van der Waals surface area contributed by atoms with Crippen LogP contribution in [0.4, 0.5) is 0 Å². The van der Waals surface area contributed by atoms with Gasteiger partial charge in [0.25, 0.3) is 11.5 Å². The van der Waals surface area contributed by atoms with Crippen molar-refractivity contribution in [2.24, 2.45) is 13.0 Å². The van der Waals surface area contributed by atoms with Gasteiger partial charge in [-0.25, -0.2) is 4.98 Å². The van der Waals surface area contributed by atoms with Gasteiger partial charge in [0.1, 0.15) is 5.82 Å². The van der Waals surface area contributed by atoms with Crippen molar-refractivity contribution in [1.29, 1.82) is 0 Å². The molecule has 1 N–H and O–H groups in total. The molecule has 0 bridgehead atoms. The molecule has 2 aromatic rings. The van der Waals surface area contributed by atoms with Crippen LogP contribution in [0.1, 0.15) is 41.1 Å². The number of aryl methyl sites for hydroxylation is 1. The lowest BCUT2D eigenvalue weighted by molar-refractivity contribution is 0.0950. The summed E-state index contributed by atoms with van der Waals surface area (Å²) in [6.45, 7) is 3.75. The van der Waals surface area contributed by atoms with Crippen molar-refractivity contribution in [3.8, 4) is 0 Å². The molecule has 0 spiro atoms. The highest BCUT2D eigenvalue weighted by molar-refractivity contribution is 5.93. The Labute approximate surface area is 151 Å². The Morgan fingerprint density at radius 3 is 2.92 bits per heavy atom. The molecule has 0 radical (unpaired) electrons. The summed E-state index contributed by atoms with van der Waals surface area (Å²) >= 11 is 0. The van der Waals surface area contributed by atoms with Crippen LogP contribution in [-0.2, 0) is 26.7 Å². The summed E-state index contributed by atoms with van der Waals surface area (Å²) in [5, 5.41) is 6.81. The van der Waals surface area contributed by atoms with Crippen LogP contribution >= 0.6 is 0 Å². The van der Waals surface area contributed by atoms with E-state index in [9.17, 15) is 9.59 Å². The molecular weight excluding hydrogens is 332 g/mol. The van der Waals surface area contributed by atoms with E-state index in [4.69, 9.17) is 0 Å². The minimum Gasteiger partial charge on any atom is -0.346 e. The zero-order chi connectivity index (χ0) is 18.1. The number of carbonyl (C=O) groups excluding carboxylic acids is 1. The number of nitrogens with one attached hydrogen (secondary N) is 1. The van der Waals surface area contributed by atoms with E-state index in [2.05, 4.69) is 20.3 Å². The fourth-order valence-electron chi connectivity index (χ4n) is 3.42. The molecule has 0 aromatic carbocycles. The number of aromatic nitrogens is 4. The number of carbonyl (C=O) groups is 1. The van der Waals surface area contributed by atoms with Gasteiger partial charge in [-0.05, 0) is 25.2 Å². The molecule has 8 heteroatoms. The average molecular weight is 356 g/mol. The minimum atomic E-state index is -0.217. The SMILES string of the molecule is Cn1cc(C(=O)NCc2cc(=O)n3c(n2)CN(CC2CC2)CCC3)cn1. The van der Waals surface area contributed by atoms with Gasteiger partial charge in [-0.15, -0.1) is 0 Å². The summed E-state index contributed by atoms with van der Waals surface area (Å²) in [4.78, 5) is 31.7. The molecule has 0 atom stereocenters. The quantitative estimate of drug-likeness (QED) is 0.844. The van der Waals surface area contributed by atoms with Crippen LogP contribution in [0.3, 0.4) is 0 Å². The molecule has 4 rings (SSSR count). The summed E-state index contributed by atoms with van der Waals surface area (Å²) in [5.41, 5.74) is 1.07. The molecule has 2 aliphatic rings. The highest BCUT2D eigenvalue weighted by atomic mass is 16.1. The van der Waals surface area contributed by atoms with Crippen molar-refractivity contribution in [2.45, 2.75) is 38.9 Å². The lowest BCUT2D eigenvalue weighted by Crippen LogP contribution is -2.30. The summed E-state index contributed by atoms with van der Waals surface area (Å²) < 4.78 is 3.36. The lowest BCUT2D eigenvalue weighted by Gasteiger charge is -2.19. The Kier molecular flexibility index (Phi) is 4.58. The maximum absolute atomic E-state index is 12.5. The maximum Gasteiger partial charge on any atom is 0.254 e. The van der Waals surface area contributed by atoms with E-state index in [0.717, 1.165) is 31.3 Å². The third-order valence-corrected chi connectivity index (χ3v) is 4.97. The highest BCUT2D eigenvalue weighted by Crippen LogP contribution is 2.30. The van der Waals surface area contributed by atoms with Crippen LogP contribution < -0.4 is 10.9 Å². The van der Waals surface area contributed by atoms with Crippen molar-refractivity contribution in [2.75, 3.05) is 13.1 Å². The van der Waals surface area contributed by atoms with Crippen molar-refractivity contribution >= 4 is 5.91 Å². The Morgan fingerprint density at radius 1 is 1.35 bits per heavy atom. The fourth-order valence-corrected chi connectivity index (χ4v) is 3.42. The van der Waals surface area contributed by atoms with Crippen molar-refractivity contribution in [3.63, 3.8) is 0 Å². The normalized spacial score (nSPS) is 17.6. The van der Waals surface area contributed by atoms with Gasteiger partial charge in [0.2, 0.25) is 0 Å². The first-order chi connectivity index (χ1) is 12.6. The number of hydrogen-bond acceptors (Lipinski definition) is 5. The molecule has 138 valence electrons. The predicted octanol–water partition coefficient (Wildman–Crippen LogP) is 0.523. The molecule has 26 heavy (non-hydrogen) atoms. The number of amides is 1. The largest absolute Gasteiger partial charge is 0.346 e. The second-order valence-electron chi connectivity index (χ2n) is 7.27. The molecule has 8 nitrogen and oxygen atoms in total. The molecule has 1 aliphatic carbocycles. The highest BCUT2D eigenvalue weighted by Gasteiger charge is 2.26. The van der Waals surface area contributed by atoms with Gasteiger partial charge in [0.15, 0.2) is 0 Å². The van der Waals surface area contributed by atoms with E-state index in [1.165, 1.54) is 25.1 Å². The second-order valence-corrected chi connectivity index (χ2v) is 7.27. The van der Waals surface area contributed by atoms with Gasteiger partial charge in [0, 0.05) is 38.9 Å². The molecular formula is C18H24N6O2. The summed E-state index contributed by atoms with van der Waals surface area (Å²) in [6, 6.07) is 1.53. The first-order valence-electron chi connectivity index (χ1n) is 9.17. The third kappa shape index (κ3) is 3.85. The smallest absolute Gasteiger partial charge is 0.254 e. The summed E-state index contributed by atoms with van der Waals surface area (Å²) in [6.07, 6.45) is 6.78. The van der Waals surface area contributed by atoms with Crippen LogP contribution in [0.15, 0.2) is 23.3 Å². The number of rotatable bonds is 5. The molecule has 2 aromatic heterocycles. The van der Waals surface area contributed by atoms with Crippen LogP contribution in [0.25, 0.3) is 0 Å². The van der Waals surface area contributed by atoms with Crippen LogP contribution in [0, 0.1) is 5.92 Å². The van der Waals surface area contributed by atoms with Gasteiger partial charge in [-0.1, -0.05) is 0 Å². The van der Waals surface area contributed by atoms with Crippen molar-refractivity contribution in [1.82, 2.24) is 29.5 Å². The number of nitrogens with zero attached hydrogens (tertiary/aromatic N) is 5.